The monoisotopic (exact) mass is 430 g/mol. The first-order valence-corrected chi connectivity index (χ1v) is 11.6. The summed E-state index contributed by atoms with van der Waals surface area (Å²) in [4.78, 5) is 12.1. The Hall–Kier alpha value is -2.58. The Bertz CT molecular complexity index is 1250. The maximum atomic E-state index is 12.8. The summed E-state index contributed by atoms with van der Waals surface area (Å²) in [6.07, 6.45) is 3.79. The van der Waals surface area contributed by atoms with E-state index in [1.54, 1.807) is 13.2 Å². The van der Waals surface area contributed by atoms with Crippen molar-refractivity contribution in [3.63, 3.8) is 0 Å². The zero-order valence-electron chi connectivity index (χ0n) is 17.4. The van der Waals surface area contributed by atoms with Crippen LogP contribution in [-0.4, -0.2) is 26.6 Å². The lowest BCUT2D eigenvalue weighted by molar-refractivity contribution is 0.409. The van der Waals surface area contributed by atoms with Crippen molar-refractivity contribution in [1.82, 2.24) is 9.29 Å². The Balaban J connectivity index is 1.52. The summed E-state index contributed by atoms with van der Waals surface area (Å²) < 4.78 is 40.4. The van der Waals surface area contributed by atoms with Crippen LogP contribution in [0.5, 0.6) is 5.75 Å². The van der Waals surface area contributed by atoms with Gasteiger partial charge in [-0.3, -0.25) is 4.57 Å². The third kappa shape index (κ3) is 3.77. The van der Waals surface area contributed by atoms with Crippen molar-refractivity contribution in [2.24, 2.45) is 0 Å². The van der Waals surface area contributed by atoms with Gasteiger partial charge in [0.25, 0.3) is 0 Å². The van der Waals surface area contributed by atoms with Gasteiger partial charge in [-0.1, -0.05) is 6.07 Å². The number of hydrogen-bond acceptors (Lipinski definition) is 5. The van der Waals surface area contributed by atoms with Crippen LogP contribution in [0.15, 0.2) is 44.4 Å². The van der Waals surface area contributed by atoms with Gasteiger partial charge in [-0.15, -0.1) is 0 Å². The first-order chi connectivity index (χ1) is 14.3. The van der Waals surface area contributed by atoms with E-state index in [0.717, 1.165) is 30.6 Å². The van der Waals surface area contributed by atoms with Crippen molar-refractivity contribution in [1.29, 1.82) is 0 Å². The van der Waals surface area contributed by atoms with Gasteiger partial charge in [0, 0.05) is 18.7 Å². The van der Waals surface area contributed by atoms with Gasteiger partial charge >= 0.3 is 5.76 Å². The number of rotatable bonds is 7. The Morgan fingerprint density at radius 2 is 1.90 bits per heavy atom. The maximum Gasteiger partial charge on any atom is 0.420 e. The molecule has 0 saturated heterocycles. The van der Waals surface area contributed by atoms with Gasteiger partial charge in [0.2, 0.25) is 10.0 Å². The first kappa shape index (κ1) is 20.7. The van der Waals surface area contributed by atoms with Crippen LogP contribution < -0.4 is 15.2 Å². The zero-order valence-corrected chi connectivity index (χ0v) is 18.2. The average Bonchev–Trinajstić information content (AvgIpc) is 3.28. The summed E-state index contributed by atoms with van der Waals surface area (Å²) in [5.41, 5.74) is 4.48. The van der Waals surface area contributed by atoms with Crippen molar-refractivity contribution in [2.45, 2.75) is 50.5 Å². The molecule has 160 valence electrons. The third-order valence-electron chi connectivity index (χ3n) is 5.59. The highest BCUT2D eigenvalue weighted by Crippen LogP contribution is 2.30. The van der Waals surface area contributed by atoms with Crippen molar-refractivity contribution >= 4 is 21.1 Å². The number of aryl methyl sites for hydroxylation is 2. The number of benzene rings is 2. The number of sulfonamides is 1. The molecule has 0 atom stereocenters. The summed E-state index contributed by atoms with van der Waals surface area (Å²) in [7, 11) is -2.10. The van der Waals surface area contributed by atoms with Crippen molar-refractivity contribution in [3.05, 3.63) is 57.6 Å². The molecular weight excluding hydrogens is 404 g/mol. The van der Waals surface area contributed by atoms with Crippen LogP contribution in [0, 0.1) is 0 Å². The van der Waals surface area contributed by atoms with E-state index in [2.05, 4.69) is 16.9 Å². The molecule has 1 N–H and O–H groups in total. The molecule has 0 aliphatic heterocycles. The van der Waals surface area contributed by atoms with Crippen LogP contribution in [0.25, 0.3) is 11.1 Å². The van der Waals surface area contributed by atoms with Crippen LogP contribution in [0.3, 0.4) is 0 Å². The zero-order chi connectivity index (χ0) is 21.5. The molecule has 7 nitrogen and oxygen atoms in total. The minimum atomic E-state index is -3.74. The smallest absolute Gasteiger partial charge is 0.420 e. The van der Waals surface area contributed by atoms with Crippen LogP contribution in [0.1, 0.15) is 43.0 Å². The Labute approximate surface area is 175 Å². The lowest BCUT2D eigenvalue weighted by Crippen LogP contribution is -2.26. The molecule has 1 aliphatic carbocycles. The summed E-state index contributed by atoms with van der Waals surface area (Å²) in [5.74, 6) is 0.305. The van der Waals surface area contributed by atoms with E-state index >= 15 is 0 Å². The van der Waals surface area contributed by atoms with Gasteiger partial charge in [-0.05, 0) is 74.4 Å². The molecule has 2 aromatic carbocycles. The second-order valence-electron chi connectivity index (χ2n) is 7.90. The largest absolute Gasteiger partial charge is 0.496 e. The molecule has 30 heavy (non-hydrogen) atoms. The van der Waals surface area contributed by atoms with E-state index in [0.29, 0.717) is 11.9 Å². The molecule has 0 unspecified atom stereocenters. The summed E-state index contributed by atoms with van der Waals surface area (Å²) in [6.45, 7) is 3.98. The number of fused-ring (bicyclic) bond motifs is 2. The van der Waals surface area contributed by atoms with E-state index < -0.39 is 15.8 Å². The molecule has 4 rings (SSSR count). The molecule has 0 radical (unpaired) electrons. The number of nitrogens with one attached hydrogen (secondary N) is 1. The number of oxazole rings is 1. The number of methoxy groups -OCH3 is 1. The lowest BCUT2D eigenvalue weighted by Gasteiger charge is -2.12. The topological polar surface area (TPSA) is 90.5 Å². The standard InChI is InChI=1S/C22H26N2O5S/c1-14(2)24-19-8-7-18(13-21(19)29-22(24)25)30(26,27)23-10-9-17-11-15-5-4-6-16(15)12-20(17)28-3/h7-8,11-14,23H,4-6,9-10H2,1-3H3. The van der Waals surface area contributed by atoms with Crippen LogP contribution in [-0.2, 0) is 29.3 Å². The fourth-order valence-corrected chi connectivity index (χ4v) is 5.16. The number of hydrogen-bond donors (Lipinski definition) is 1. The molecule has 8 heteroatoms. The van der Waals surface area contributed by atoms with Gasteiger partial charge < -0.3 is 9.15 Å². The Morgan fingerprint density at radius 1 is 1.17 bits per heavy atom. The average molecular weight is 431 g/mol. The molecule has 1 aromatic heterocycles. The fraction of sp³-hybridized carbons (Fsp3) is 0.409. The molecule has 0 amide bonds. The lowest BCUT2D eigenvalue weighted by atomic mass is 10.0. The quantitative estimate of drug-likeness (QED) is 0.622. The predicted molar refractivity (Wildman–Crippen MR) is 115 cm³/mol. The van der Waals surface area contributed by atoms with Crippen LogP contribution >= 0.6 is 0 Å². The van der Waals surface area contributed by atoms with E-state index in [1.807, 2.05) is 13.8 Å². The van der Waals surface area contributed by atoms with Crippen LogP contribution in [0.4, 0.5) is 0 Å². The number of ether oxygens (including phenoxy) is 1. The normalized spacial score (nSPS) is 13.9. The summed E-state index contributed by atoms with van der Waals surface area (Å²) in [6, 6.07) is 8.62. The summed E-state index contributed by atoms with van der Waals surface area (Å²) in [5, 5.41) is 0. The molecule has 3 aromatic rings. The Kier molecular flexibility index (Phi) is 5.46. The number of aromatic nitrogens is 1. The maximum absolute atomic E-state index is 12.8. The minimum absolute atomic E-state index is 0.0700. The van der Waals surface area contributed by atoms with Gasteiger partial charge in [-0.2, -0.15) is 0 Å². The van der Waals surface area contributed by atoms with Crippen molar-refractivity contribution < 1.29 is 17.6 Å². The highest BCUT2D eigenvalue weighted by atomic mass is 32.2. The highest BCUT2D eigenvalue weighted by Gasteiger charge is 2.19. The molecule has 1 heterocycles. The highest BCUT2D eigenvalue weighted by molar-refractivity contribution is 7.89. The van der Waals surface area contributed by atoms with Crippen molar-refractivity contribution in [2.75, 3.05) is 13.7 Å². The number of nitrogens with zero attached hydrogens (tertiary/aromatic N) is 1. The van der Waals surface area contributed by atoms with Gasteiger partial charge in [0.1, 0.15) is 5.75 Å². The van der Waals surface area contributed by atoms with Gasteiger partial charge in [0.15, 0.2) is 5.58 Å². The van der Waals surface area contributed by atoms with E-state index in [9.17, 15) is 13.2 Å². The molecule has 0 fully saturated rings. The predicted octanol–water partition coefficient (Wildman–Crippen LogP) is 3.19. The SMILES string of the molecule is COc1cc2c(cc1CCNS(=O)(=O)c1ccc3c(c1)oc(=O)n3C(C)C)CCC2. The van der Waals surface area contributed by atoms with E-state index in [4.69, 9.17) is 9.15 Å². The molecule has 0 saturated carbocycles. The molecule has 1 aliphatic rings. The van der Waals surface area contributed by atoms with E-state index in [-0.39, 0.29) is 23.1 Å². The third-order valence-corrected chi connectivity index (χ3v) is 7.05. The first-order valence-electron chi connectivity index (χ1n) is 10.1. The van der Waals surface area contributed by atoms with Crippen molar-refractivity contribution in [3.8, 4) is 5.75 Å². The van der Waals surface area contributed by atoms with Crippen LogP contribution in [0.2, 0.25) is 0 Å². The van der Waals surface area contributed by atoms with Gasteiger partial charge in [-0.25, -0.2) is 17.9 Å². The Morgan fingerprint density at radius 3 is 2.60 bits per heavy atom. The summed E-state index contributed by atoms with van der Waals surface area (Å²) >= 11 is 0. The molecule has 0 bridgehead atoms. The fourth-order valence-electron chi connectivity index (χ4n) is 4.11. The molecular formula is C22H26N2O5S. The second kappa shape index (κ2) is 7.92. The van der Waals surface area contributed by atoms with Gasteiger partial charge in [0.05, 0.1) is 17.5 Å². The minimum Gasteiger partial charge on any atom is -0.496 e. The molecule has 0 spiro atoms. The van der Waals surface area contributed by atoms with E-state index in [1.165, 1.54) is 27.8 Å². The second-order valence-corrected chi connectivity index (χ2v) is 9.66.